The van der Waals surface area contributed by atoms with E-state index in [9.17, 15) is 9.59 Å². The van der Waals surface area contributed by atoms with Crippen LogP contribution in [0.25, 0.3) is 0 Å². The molecule has 0 bridgehead atoms. The van der Waals surface area contributed by atoms with Gasteiger partial charge in [-0.25, -0.2) is 4.98 Å². The lowest BCUT2D eigenvalue weighted by atomic mass is 9.93. The van der Waals surface area contributed by atoms with Crippen LogP contribution in [0.5, 0.6) is 0 Å². The van der Waals surface area contributed by atoms with E-state index in [4.69, 9.17) is 5.11 Å². The van der Waals surface area contributed by atoms with Gasteiger partial charge in [-0.2, -0.15) is 0 Å². The van der Waals surface area contributed by atoms with E-state index in [2.05, 4.69) is 4.98 Å². The van der Waals surface area contributed by atoms with Crippen molar-refractivity contribution in [3.63, 3.8) is 0 Å². The molecule has 110 valence electrons. The Balaban J connectivity index is 2.21. The van der Waals surface area contributed by atoms with Gasteiger partial charge in [-0.15, -0.1) is 11.3 Å². The molecule has 5 nitrogen and oxygen atoms in total. The van der Waals surface area contributed by atoms with Gasteiger partial charge in [0.1, 0.15) is 4.88 Å². The molecule has 1 aliphatic heterocycles. The van der Waals surface area contributed by atoms with Crippen molar-refractivity contribution < 1.29 is 14.7 Å². The summed E-state index contributed by atoms with van der Waals surface area (Å²) in [6, 6.07) is 0.0877. The van der Waals surface area contributed by atoms with Crippen molar-refractivity contribution in [2.24, 2.45) is 5.92 Å². The van der Waals surface area contributed by atoms with E-state index in [-0.39, 0.29) is 11.9 Å². The van der Waals surface area contributed by atoms with Crippen LogP contribution in [0.4, 0.5) is 0 Å². The Morgan fingerprint density at radius 2 is 2.15 bits per heavy atom. The number of carboxylic acid groups (broad SMARTS) is 1. The molecule has 20 heavy (non-hydrogen) atoms. The Morgan fingerprint density at radius 3 is 2.70 bits per heavy atom. The molecule has 2 rings (SSSR count). The lowest BCUT2D eigenvalue weighted by Crippen LogP contribution is -2.47. The summed E-state index contributed by atoms with van der Waals surface area (Å²) in [6.07, 6.45) is 2.19. The maximum atomic E-state index is 12.6. The highest BCUT2D eigenvalue weighted by Crippen LogP contribution is 2.27. The van der Waals surface area contributed by atoms with E-state index < -0.39 is 11.9 Å². The van der Waals surface area contributed by atoms with Crippen molar-refractivity contribution >= 4 is 23.2 Å². The van der Waals surface area contributed by atoms with Gasteiger partial charge in [0.25, 0.3) is 5.91 Å². The summed E-state index contributed by atoms with van der Waals surface area (Å²) in [7, 11) is 0. The van der Waals surface area contributed by atoms with Crippen LogP contribution < -0.4 is 0 Å². The SMILES string of the molecule is CCc1nc(C)c(C(=O)N2CC(C(=O)O)CCC2C)s1. The molecule has 6 heteroatoms. The third-order valence-electron chi connectivity index (χ3n) is 3.83. The van der Waals surface area contributed by atoms with Crippen molar-refractivity contribution in [1.29, 1.82) is 0 Å². The van der Waals surface area contributed by atoms with Crippen molar-refractivity contribution in [1.82, 2.24) is 9.88 Å². The van der Waals surface area contributed by atoms with E-state index >= 15 is 0 Å². The van der Waals surface area contributed by atoms with Crippen LogP contribution >= 0.6 is 11.3 Å². The molecule has 0 radical (unpaired) electrons. The zero-order valence-electron chi connectivity index (χ0n) is 12.0. The third kappa shape index (κ3) is 2.85. The number of carbonyl (C=O) groups is 2. The zero-order valence-corrected chi connectivity index (χ0v) is 12.9. The highest BCUT2D eigenvalue weighted by molar-refractivity contribution is 7.13. The molecule has 1 aromatic heterocycles. The monoisotopic (exact) mass is 296 g/mol. The lowest BCUT2D eigenvalue weighted by molar-refractivity contribution is -0.143. The number of piperidine rings is 1. The summed E-state index contributed by atoms with van der Waals surface area (Å²) >= 11 is 1.42. The number of rotatable bonds is 3. The Bertz CT molecular complexity index is 526. The van der Waals surface area contributed by atoms with Gasteiger partial charge in [-0.1, -0.05) is 6.92 Å². The minimum Gasteiger partial charge on any atom is -0.481 e. The van der Waals surface area contributed by atoms with E-state index in [0.29, 0.717) is 17.8 Å². The molecule has 1 saturated heterocycles. The third-order valence-corrected chi connectivity index (χ3v) is 5.12. The first-order valence-electron chi connectivity index (χ1n) is 6.94. The summed E-state index contributed by atoms with van der Waals surface area (Å²) in [5.41, 5.74) is 0.751. The quantitative estimate of drug-likeness (QED) is 0.929. The van der Waals surface area contributed by atoms with E-state index in [1.807, 2.05) is 20.8 Å². The molecule has 1 amide bonds. The number of carbonyl (C=O) groups excluding carboxylic acids is 1. The predicted octanol–water partition coefficient (Wildman–Crippen LogP) is 2.34. The number of amides is 1. The molecular formula is C14H20N2O3S. The van der Waals surface area contributed by atoms with Crippen LogP contribution in [0.15, 0.2) is 0 Å². The second-order valence-corrected chi connectivity index (χ2v) is 6.38. The van der Waals surface area contributed by atoms with Crippen LogP contribution in [-0.2, 0) is 11.2 Å². The summed E-state index contributed by atoms with van der Waals surface area (Å²) in [5, 5.41) is 10.1. The van der Waals surface area contributed by atoms with Gasteiger partial charge in [0, 0.05) is 12.6 Å². The first kappa shape index (κ1) is 15.0. The van der Waals surface area contributed by atoms with Gasteiger partial charge in [-0.05, 0) is 33.1 Å². The number of hydrogen-bond acceptors (Lipinski definition) is 4. The van der Waals surface area contributed by atoms with Gasteiger partial charge < -0.3 is 10.0 Å². The number of thiazole rings is 1. The number of aromatic nitrogens is 1. The molecule has 1 fully saturated rings. The van der Waals surface area contributed by atoms with Crippen molar-refractivity contribution in [3.8, 4) is 0 Å². The zero-order chi connectivity index (χ0) is 14.9. The number of carboxylic acids is 1. The molecule has 0 spiro atoms. The number of aliphatic carboxylic acids is 1. The number of likely N-dealkylation sites (tertiary alicyclic amines) is 1. The van der Waals surface area contributed by atoms with Crippen LogP contribution in [0, 0.1) is 12.8 Å². The smallest absolute Gasteiger partial charge is 0.308 e. The van der Waals surface area contributed by atoms with Crippen molar-refractivity contribution in [2.75, 3.05) is 6.54 Å². The van der Waals surface area contributed by atoms with Gasteiger partial charge >= 0.3 is 5.97 Å². The number of hydrogen-bond donors (Lipinski definition) is 1. The van der Waals surface area contributed by atoms with Crippen LogP contribution in [-0.4, -0.2) is 39.5 Å². The normalized spacial score (nSPS) is 22.9. The summed E-state index contributed by atoms with van der Waals surface area (Å²) in [6.45, 7) is 6.13. The Hall–Kier alpha value is -1.43. The second kappa shape index (κ2) is 5.91. The fourth-order valence-electron chi connectivity index (χ4n) is 2.52. The molecule has 2 atom stereocenters. The lowest BCUT2D eigenvalue weighted by Gasteiger charge is -2.36. The highest BCUT2D eigenvalue weighted by Gasteiger charge is 2.34. The predicted molar refractivity (Wildman–Crippen MR) is 77.1 cm³/mol. The molecule has 1 N–H and O–H groups in total. The minimum absolute atomic E-state index is 0.0712. The molecular weight excluding hydrogens is 276 g/mol. The van der Waals surface area contributed by atoms with Crippen molar-refractivity contribution in [2.45, 2.75) is 46.1 Å². The molecule has 2 heterocycles. The van der Waals surface area contributed by atoms with Gasteiger partial charge in [0.2, 0.25) is 0 Å². The average molecular weight is 296 g/mol. The standard InChI is InChI=1S/C14H20N2O3S/c1-4-11-15-9(3)12(20-11)13(17)16-7-10(14(18)19)6-5-8(16)2/h8,10H,4-7H2,1-3H3,(H,18,19). The maximum Gasteiger partial charge on any atom is 0.308 e. The van der Waals surface area contributed by atoms with E-state index in [1.165, 1.54) is 11.3 Å². The fraction of sp³-hybridized carbons (Fsp3) is 0.643. The molecule has 0 saturated carbocycles. The molecule has 2 unspecified atom stereocenters. The molecule has 1 aliphatic rings. The Morgan fingerprint density at radius 1 is 1.45 bits per heavy atom. The number of nitrogens with zero attached hydrogens (tertiary/aromatic N) is 2. The Labute approximate surface area is 122 Å². The summed E-state index contributed by atoms with van der Waals surface area (Å²) < 4.78 is 0. The molecule has 0 aliphatic carbocycles. The first-order chi connectivity index (χ1) is 9.43. The summed E-state index contributed by atoms with van der Waals surface area (Å²) in [5.74, 6) is -1.34. The topological polar surface area (TPSA) is 70.5 Å². The maximum absolute atomic E-state index is 12.6. The average Bonchev–Trinajstić information content (AvgIpc) is 2.79. The summed E-state index contributed by atoms with van der Waals surface area (Å²) in [4.78, 5) is 30.5. The molecule has 0 aromatic carbocycles. The second-order valence-electron chi connectivity index (χ2n) is 5.29. The van der Waals surface area contributed by atoms with E-state index in [0.717, 1.165) is 23.5 Å². The highest BCUT2D eigenvalue weighted by atomic mass is 32.1. The molecule has 1 aromatic rings. The largest absolute Gasteiger partial charge is 0.481 e. The van der Waals surface area contributed by atoms with Gasteiger partial charge in [0.05, 0.1) is 16.6 Å². The van der Waals surface area contributed by atoms with Gasteiger partial charge in [-0.3, -0.25) is 9.59 Å². The van der Waals surface area contributed by atoms with Crippen molar-refractivity contribution in [3.05, 3.63) is 15.6 Å². The minimum atomic E-state index is -0.815. The fourth-order valence-corrected chi connectivity index (χ4v) is 3.48. The van der Waals surface area contributed by atoms with Gasteiger partial charge in [0.15, 0.2) is 0 Å². The van der Waals surface area contributed by atoms with Crippen LogP contribution in [0.2, 0.25) is 0 Å². The van der Waals surface area contributed by atoms with Crippen LogP contribution in [0.1, 0.15) is 47.1 Å². The Kier molecular flexibility index (Phi) is 4.42. The van der Waals surface area contributed by atoms with E-state index in [1.54, 1.807) is 4.90 Å². The first-order valence-corrected chi connectivity index (χ1v) is 7.75. The number of aryl methyl sites for hydroxylation is 2. The van der Waals surface area contributed by atoms with Crippen LogP contribution in [0.3, 0.4) is 0 Å².